The summed E-state index contributed by atoms with van der Waals surface area (Å²) < 4.78 is 1.74. The summed E-state index contributed by atoms with van der Waals surface area (Å²) in [7, 11) is 0. The number of nitrogens with one attached hydrogen (secondary N) is 2. The molecule has 1 aliphatic rings. The van der Waals surface area contributed by atoms with Crippen LogP contribution in [0.1, 0.15) is 13.8 Å². The van der Waals surface area contributed by atoms with Gasteiger partial charge in [0.2, 0.25) is 5.84 Å². The van der Waals surface area contributed by atoms with Gasteiger partial charge in [0.1, 0.15) is 6.04 Å². The largest absolute Gasteiger partial charge is 0.345 e. The molecule has 8 heteroatoms. The van der Waals surface area contributed by atoms with Crippen LogP contribution in [0.15, 0.2) is 53.8 Å². The van der Waals surface area contributed by atoms with Gasteiger partial charge in [0.25, 0.3) is 11.8 Å². The predicted molar refractivity (Wildman–Crippen MR) is 93.8 cm³/mol. The molecule has 0 saturated heterocycles. The van der Waals surface area contributed by atoms with E-state index in [4.69, 9.17) is 0 Å². The Morgan fingerprint density at radius 1 is 1.32 bits per heavy atom. The number of amidine groups is 1. The van der Waals surface area contributed by atoms with Crippen LogP contribution in [0, 0.1) is 0 Å². The molecule has 2 heterocycles. The van der Waals surface area contributed by atoms with Crippen molar-refractivity contribution in [2.45, 2.75) is 32.5 Å². The Kier molecular flexibility index (Phi) is 4.78. The van der Waals surface area contributed by atoms with Gasteiger partial charge >= 0.3 is 0 Å². The molecule has 25 heavy (non-hydrogen) atoms. The van der Waals surface area contributed by atoms with E-state index in [1.165, 1.54) is 5.01 Å². The molecule has 0 bridgehead atoms. The summed E-state index contributed by atoms with van der Waals surface area (Å²) in [6.07, 6.45) is 3.52. The fourth-order valence-corrected chi connectivity index (χ4v) is 2.53. The summed E-state index contributed by atoms with van der Waals surface area (Å²) in [5.74, 6) is -0.462. The zero-order valence-electron chi connectivity index (χ0n) is 14.1. The van der Waals surface area contributed by atoms with E-state index in [1.807, 2.05) is 37.4 Å². The molecule has 0 radical (unpaired) electrons. The Labute approximate surface area is 145 Å². The lowest BCUT2D eigenvalue weighted by Gasteiger charge is -2.30. The van der Waals surface area contributed by atoms with E-state index in [9.17, 15) is 9.59 Å². The summed E-state index contributed by atoms with van der Waals surface area (Å²) in [5.41, 5.74) is 3.47. The number of anilines is 1. The maximum absolute atomic E-state index is 12.5. The first-order valence-electron chi connectivity index (χ1n) is 8.06. The predicted octanol–water partition coefficient (Wildman–Crippen LogP) is 0.726. The number of rotatable bonds is 5. The molecule has 3 rings (SSSR count). The van der Waals surface area contributed by atoms with Crippen molar-refractivity contribution < 1.29 is 9.59 Å². The molecule has 0 unspecified atom stereocenters. The third kappa shape index (κ3) is 3.85. The third-order valence-corrected chi connectivity index (χ3v) is 3.75. The lowest BCUT2D eigenvalue weighted by atomic mass is 10.2. The average Bonchev–Trinajstić information content (AvgIpc) is 3.10. The summed E-state index contributed by atoms with van der Waals surface area (Å²) in [6.45, 7) is 4.09. The molecule has 2 N–H and O–H groups in total. The van der Waals surface area contributed by atoms with Crippen LogP contribution in [-0.4, -0.2) is 39.5 Å². The summed E-state index contributed by atoms with van der Waals surface area (Å²) >= 11 is 0. The maximum Gasteiger partial charge on any atom is 0.288 e. The van der Waals surface area contributed by atoms with E-state index in [2.05, 4.69) is 20.8 Å². The Bertz CT molecular complexity index is 772. The van der Waals surface area contributed by atoms with Gasteiger partial charge in [-0.15, -0.1) is 0 Å². The molecule has 2 atom stereocenters. The minimum Gasteiger partial charge on any atom is -0.345 e. The SMILES string of the molecule is C[C@@H]1N=C(C(=O)N[C@@H](C)Cn2cccn2)NN(c2ccccc2)C1=O. The van der Waals surface area contributed by atoms with Crippen molar-refractivity contribution in [3.8, 4) is 0 Å². The topological polar surface area (TPSA) is 91.6 Å². The van der Waals surface area contributed by atoms with Crippen LogP contribution in [0.3, 0.4) is 0 Å². The zero-order chi connectivity index (χ0) is 17.8. The molecule has 1 aliphatic heterocycles. The highest BCUT2D eigenvalue weighted by Crippen LogP contribution is 2.15. The average molecular weight is 340 g/mol. The van der Waals surface area contributed by atoms with E-state index in [0.717, 1.165) is 0 Å². The highest BCUT2D eigenvalue weighted by Gasteiger charge is 2.31. The quantitative estimate of drug-likeness (QED) is 0.839. The molecule has 2 amide bonds. The Morgan fingerprint density at radius 3 is 2.76 bits per heavy atom. The van der Waals surface area contributed by atoms with Crippen LogP contribution < -0.4 is 15.8 Å². The lowest BCUT2D eigenvalue weighted by molar-refractivity contribution is -0.120. The molecular formula is C17H20N6O2. The van der Waals surface area contributed by atoms with Crippen LogP contribution in [0.2, 0.25) is 0 Å². The van der Waals surface area contributed by atoms with Gasteiger partial charge in [-0.05, 0) is 32.0 Å². The van der Waals surface area contributed by atoms with Crippen molar-refractivity contribution in [2.75, 3.05) is 5.01 Å². The number of para-hydroxylation sites is 1. The van der Waals surface area contributed by atoms with Gasteiger partial charge in [0, 0.05) is 18.4 Å². The number of amides is 2. The van der Waals surface area contributed by atoms with Gasteiger partial charge in [-0.25, -0.2) is 10.0 Å². The first-order chi connectivity index (χ1) is 12.0. The molecule has 0 fully saturated rings. The molecule has 0 saturated carbocycles. The zero-order valence-corrected chi connectivity index (χ0v) is 14.1. The van der Waals surface area contributed by atoms with E-state index in [1.54, 1.807) is 29.9 Å². The number of hydrazine groups is 1. The molecular weight excluding hydrogens is 320 g/mol. The molecule has 8 nitrogen and oxygen atoms in total. The second kappa shape index (κ2) is 7.16. The van der Waals surface area contributed by atoms with Crippen molar-refractivity contribution in [1.82, 2.24) is 20.5 Å². The minimum absolute atomic E-state index is 0.114. The molecule has 0 aliphatic carbocycles. The van der Waals surface area contributed by atoms with Crippen LogP contribution in [0.25, 0.3) is 0 Å². The number of carbonyl (C=O) groups is 2. The standard InChI is InChI=1S/C17H20N6O2/c1-12(11-22-10-6-9-18-22)19-16(24)15-20-13(2)17(25)23(21-15)14-7-4-3-5-8-14/h3-10,12-13H,11H2,1-2H3,(H,19,24)(H,20,21)/t12-,13-/m0/s1. The Morgan fingerprint density at radius 2 is 2.08 bits per heavy atom. The number of carbonyl (C=O) groups excluding carboxylic acids is 2. The first kappa shape index (κ1) is 16.7. The summed E-state index contributed by atoms with van der Waals surface area (Å²) in [6, 6.07) is 10.1. The maximum atomic E-state index is 12.5. The van der Waals surface area contributed by atoms with Gasteiger partial charge in [-0.3, -0.25) is 19.7 Å². The van der Waals surface area contributed by atoms with Gasteiger partial charge in [0.15, 0.2) is 0 Å². The van der Waals surface area contributed by atoms with Crippen molar-refractivity contribution in [3.63, 3.8) is 0 Å². The lowest BCUT2D eigenvalue weighted by Crippen LogP contribution is -2.58. The van der Waals surface area contributed by atoms with E-state index < -0.39 is 6.04 Å². The Hall–Kier alpha value is -3.16. The van der Waals surface area contributed by atoms with Gasteiger partial charge < -0.3 is 5.32 Å². The number of aromatic nitrogens is 2. The van der Waals surface area contributed by atoms with E-state index in [-0.39, 0.29) is 23.7 Å². The molecule has 2 aromatic rings. The monoisotopic (exact) mass is 340 g/mol. The van der Waals surface area contributed by atoms with Crippen molar-refractivity contribution in [3.05, 3.63) is 48.8 Å². The molecule has 1 aromatic carbocycles. The third-order valence-electron chi connectivity index (χ3n) is 3.75. The van der Waals surface area contributed by atoms with Crippen molar-refractivity contribution in [2.24, 2.45) is 4.99 Å². The van der Waals surface area contributed by atoms with E-state index in [0.29, 0.717) is 12.2 Å². The number of nitrogens with zero attached hydrogens (tertiary/aromatic N) is 4. The number of aliphatic imine (C=N–C) groups is 1. The second-order valence-electron chi connectivity index (χ2n) is 5.88. The summed E-state index contributed by atoms with van der Waals surface area (Å²) in [5, 5.41) is 8.33. The minimum atomic E-state index is -0.636. The smallest absolute Gasteiger partial charge is 0.288 e. The number of benzene rings is 1. The van der Waals surface area contributed by atoms with Gasteiger partial charge in [0.05, 0.1) is 12.2 Å². The van der Waals surface area contributed by atoms with Crippen molar-refractivity contribution >= 4 is 23.3 Å². The molecule has 1 aromatic heterocycles. The van der Waals surface area contributed by atoms with Gasteiger partial charge in [-0.1, -0.05) is 18.2 Å². The van der Waals surface area contributed by atoms with Crippen LogP contribution in [0.4, 0.5) is 5.69 Å². The fraction of sp³-hybridized carbons (Fsp3) is 0.294. The fourth-order valence-electron chi connectivity index (χ4n) is 2.53. The van der Waals surface area contributed by atoms with Gasteiger partial charge in [-0.2, -0.15) is 5.10 Å². The van der Waals surface area contributed by atoms with Crippen molar-refractivity contribution in [1.29, 1.82) is 0 Å². The highest BCUT2D eigenvalue weighted by atomic mass is 16.2. The molecule has 0 spiro atoms. The highest BCUT2D eigenvalue weighted by molar-refractivity contribution is 6.39. The Balaban J connectivity index is 1.69. The second-order valence-corrected chi connectivity index (χ2v) is 5.88. The van der Waals surface area contributed by atoms with Crippen LogP contribution >= 0.6 is 0 Å². The molecule has 130 valence electrons. The first-order valence-corrected chi connectivity index (χ1v) is 8.06. The number of hydrogen-bond acceptors (Lipinski definition) is 5. The van der Waals surface area contributed by atoms with Crippen LogP contribution in [0.5, 0.6) is 0 Å². The number of hydrogen-bond donors (Lipinski definition) is 2. The summed E-state index contributed by atoms with van der Waals surface area (Å²) in [4.78, 5) is 29.0. The van der Waals surface area contributed by atoms with E-state index >= 15 is 0 Å². The van der Waals surface area contributed by atoms with Crippen LogP contribution in [-0.2, 0) is 16.1 Å². The normalized spacial score (nSPS) is 18.3.